The van der Waals surface area contributed by atoms with Crippen LogP contribution in [0.15, 0.2) is 73.7 Å². The summed E-state index contributed by atoms with van der Waals surface area (Å²) in [7, 11) is 0. The lowest BCUT2D eigenvalue weighted by atomic mass is 9.90. The molecule has 204 valence electrons. The van der Waals surface area contributed by atoms with Gasteiger partial charge in [-0.15, -0.1) is 44.1 Å². The van der Waals surface area contributed by atoms with Gasteiger partial charge in [0.2, 0.25) is 0 Å². The SMILES string of the molecule is C=C.C=C(SC1CCCc2ccc(C)cc21)c1ccc(S)c(C)c1.C=CC.CCC.CCCC.CS. The lowest BCUT2D eigenvalue weighted by molar-refractivity contribution is 0.674. The van der Waals surface area contributed by atoms with Crippen molar-refractivity contribution in [2.45, 2.75) is 97.1 Å². The molecule has 0 bridgehead atoms. The van der Waals surface area contributed by atoms with Gasteiger partial charge in [-0.1, -0.05) is 89.4 Å². The number of fused-ring (bicyclic) bond motifs is 1. The molecule has 1 aliphatic carbocycles. The molecular weight excluding hydrogens is 493 g/mol. The predicted molar refractivity (Wildman–Crippen MR) is 180 cm³/mol. The number of hydrogen-bond acceptors (Lipinski definition) is 3. The highest BCUT2D eigenvalue weighted by molar-refractivity contribution is 8.08. The summed E-state index contributed by atoms with van der Waals surface area (Å²) in [6.45, 7) is 28.5. The molecule has 0 N–H and O–H groups in total. The Morgan fingerprint density at radius 1 is 1.00 bits per heavy atom. The number of allylic oxidation sites excluding steroid dienone is 1. The van der Waals surface area contributed by atoms with Crippen LogP contribution >= 0.6 is 37.0 Å². The molecule has 0 spiro atoms. The topological polar surface area (TPSA) is 0 Å². The lowest BCUT2D eigenvalue weighted by Gasteiger charge is -2.26. The van der Waals surface area contributed by atoms with Crippen LogP contribution in [0, 0.1) is 13.8 Å². The van der Waals surface area contributed by atoms with Crippen molar-refractivity contribution in [2.75, 3.05) is 6.26 Å². The Labute approximate surface area is 241 Å². The third kappa shape index (κ3) is 17.2. The molecule has 0 amide bonds. The summed E-state index contributed by atoms with van der Waals surface area (Å²) < 4.78 is 0. The molecule has 0 aliphatic heterocycles. The summed E-state index contributed by atoms with van der Waals surface area (Å²) >= 11 is 9.90. The van der Waals surface area contributed by atoms with Crippen molar-refractivity contribution in [3.8, 4) is 0 Å². The van der Waals surface area contributed by atoms with Gasteiger partial charge in [0.25, 0.3) is 0 Å². The van der Waals surface area contributed by atoms with Crippen LogP contribution in [0.4, 0.5) is 0 Å². The number of unbranched alkanes of at least 4 members (excludes halogenated alkanes) is 1. The zero-order valence-corrected chi connectivity index (χ0v) is 27.1. The van der Waals surface area contributed by atoms with Crippen LogP contribution in [0.5, 0.6) is 0 Å². The van der Waals surface area contributed by atoms with Crippen molar-refractivity contribution in [3.63, 3.8) is 0 Å². The first-order valence-corrected chi connectivity index (χ1v) is 15.3. The Balaban J connectivity index is -0.000000656. The van der Waals surface area contributed by atoms with E-state index in [0.29, 0.717) is 5.25 Å². The van der Waals surface area contributed by atoms with E-state index < -0.39 is 0 Å². The molecule has 36 heavy (non-hydrogen) atoms. The highest BCUT2D eigenvalue weighted by Gasteiger charge is 2.22. The average Bonchev–Trinajstić information content (AvgIpc) is 2.89. The molecule has 0 fully saturated rings. The van der Waals surface area contributed by atoms with E-state index in [9.17, 15) is 0 Å². The maximum Gasteiger partial charge on any atom is 0.0347 e. The number of thiol groups is 2. The standard InChI is InChI=1S/C20H22S2.C4H10.C3H8.C3H6.C2H4.CH4S/c1-13-7-8-16-5-4-6-20(18(16)11-13)22-15(3)17-9-10-19(21)14(2)12-17;1-3-4-2;2*1-3-2;2*1-2/h7-12,20-21H,3-6H2,1-2H3;3-4H2,1-2H3;3H2,1-2H3;3H,1H2,2H3;1-2H2;2H,1H3. The molecule has 0 nitrogen and oxygen atoms in total. The second-order valence-electron chi connectivity index (χ2n) is 8.24. The summed E-state index contributed by atoms with van der Waals surface area (Å²) in [6.07, 6.45) is 11.1. The minimum atomic E-state index is 0.534. The maximum absolute atomic E-state index is 4.46. The molecule has 1 atom stereocenters. The summed E-state index contributed by atoms with van der Waals surface area (Å²) in [5.74, 6) is 0. The maximum atomic E-state index is 4.46. The normalized spacial score (nSPS) is 12.4. The summed E-state index contributed by atoms with van der Waals surface area (Å²) in [5, 5.41) is 0.534. The second kappa shape index (κ2) is 26.8. The van der Waals surface area contributed by atoms with Crippen molar-refractivity contribution in [2.24, 2.45) is 0 Å². The largest absolute Gasteiger partial charge is 0.183 e. The van der Waals surface area contributed by atoms with Crippen LogP contribution in [-0.4, -0.2) is 6.26 Å². The lowest BCUT2D eigenvalue weighted by Crippen LogP contribution is -2.07. The van der Waals surface area contributed by atoms with E-state index in [-0.39, 0.29) is 0 Å². The summed E-state index contributed by atoms with van der Waals surface area (Å²) in [6, 6.07) is 13.3. The molecule has 0 saturated heterocycles. The molecule has 1 aliphatic rings. The van der Waals surface area contributed by atoms with Gasteiger partial charge in [0.1, 0.15) is 0 Å². The zero-order chi connectivity index (χ0) is 28.5. The highest BCUT2D eigenvalue weighted by Crippen LogP contribution is 2.45. The first-order chi connectivity index (χ1) is 17.3. The van der Waals surface area contributed by atoms with E-state index in [1.54, 1.807) is 12.3 Å². The molecule has 2 aromatic rings. The van der Waals surface area contributed by atoms with Gasteiger partial charge in [-0.3, -0.25) is 0 Å². The second-order valence-corrected chi connectivity index (χ2v) is 10.0. The molecule has 2 aromatic carbocycles. The molecule has 0 radical (unpaired) electrons. The van der Waals surface area contributed by atoms with Crippen LogP contribution in [0.1, 0.15) is 99.8 Å². The zero-order valence-electron chi connectivity index (χ0n) is 24.5. The van der Waals surface area contributed by atoms with Crippen molar-refractivity contribution in [1.29, 1.82) is 0 Å². The molecule has 0 aromatic heterocycles. The Morgan fingerprint density at radius 3 is 2.00 bits per heavy atom. The van der Waals surface area contributed by atoms with E-state index >= 15 is 0 Å². The van der Waals surface area contributed by atoms with Crippen molar-refractivity contribution in [1.82, 2.24) is 0 Å². The van der Waals surface area contributed by atoms with Gasteiger partial charge in [0.15, 0.2) is 0 Å². The number of thioether (sulfide) groups is 1. The first-order valence-electron chi connectivity index (χ1n) is 13.1. The van der Waals surface area contributed by atoms with Gasteiger partial charge >= 0.3 is 0 Å². The third-order valence-corrected chi connectivity index (χ3v) is 6.66. The van der Waals surface area contributed by atoms with E-state index in [0.717, 1.165) is 9.80 Å². The van der Waals surface area contributed by atoms with Crippen LogP contribution in [0.25, 0.3) is 4.91 Å². The van der Waals surface area contributed by atoms with Gasteiger partial charge in [-0.05, 0) is 80.7 Å². The Bertz CT molecular complexity index is 822. The molecule has 0 saturated carbocycles. The fourth-order valence-electron chi connectivity index (χ4n) is 3.07. The molecule has 3 rings (SSSR count). The Hall–Kier alpha value is -1.29. The quantitative estimate of drug-likeness (QED) is 0.284. The average molecular weight is 547 g/mol. The smallest absolute Gasteiger partial charge is 0.0347 e. The van der Waals surface area contributed by atoms with E-state index in [1.165, 1.54) is 66.3 Å². The van der Waals surface area contributed by atoms with Gasteiger partial charge in [0, 0.05) is 15.1 Å². The third-order valence-electron chi connectivity index (χ3n) is 4.86. The van der Waals surface area contributed by atoms with Crippen LogP contribution in [-0.2, 0) is 6.42 Å². The van der Waals surface area contributed by atoms with Crippen LogP contribution in [0.3, 0.4) is 0 Å². The fraction of sp³-hybridized carbons (Fsp3) is 0.455. The van der Waals surface area contributed by atoms with Gasteiger partial charge in [-0.2, -0.15) is 12.6 Å². The Morgan fingerprint density at radius 2 is 1.53 bits per heavy atom. The molecule has 1 unspecified atom stereocenters. The fourth-order valence-corrected chi connectivity index (χ4v) is 4.44. The number of aryl methyl sites for hydroxylation is 3. The number of hydrogen-bond donors (Lipinski definition) is 2. The Kier molecular flexibility index (Phi) is 29.2. The predicted octanol–water partition coefficient (Wildman–Crippen LogP) is 12.1. The minimum Gasteiger partial charge on any atom is -0.183 e. The van der Waals surface area contributed by atoms with Gasteiger partial charge in [-0.25, -0.2) is 0 Å². The summed E-state index contributed by atoms with van der Waals surface area (Å²) in [4.78, 5) is 2.20. The van der Waals surface area contributed by atoms with Crippen molar-refractivity contribution in [3.05, 3.63) is 96.6 Å². The first kappa shape index (κ1) is 39.2. The molecule has 3 heteroatoms. The van der Waals surface area contributed by atoms with Crippen molar-refractivity contribution >= 4 is 41.9 Å². The summed E-state index contributed by atoms with van der Waals surface area (Å²) in [5.41, 5.74) is 6.82. The van der Waals surface area contributed by atoms with Crippen molar-refractivity contribution < 1.29 is 0 Å². The molecular formula is C33H54S3. The monoisotopic (exact) mass is 546 g/mol. The molecule has 0 heterocycles. The van der Waals surface area contributed by atoms with Crippen LogP contribution < -0.4 is 0 Å². The number of benzene rings is 2. The van der Waals surface area contributed by atoms with E-state index in [4.69, 9.17) is 0 Å². The van der Waals surface area contributed by atoms with E-state index in [2.05, 4.69) is 130 Å². The van der Waals surface area contributed by atoms with Gasteiger partial charge in [0.05, 0.1) is 0 Å². The van der Waals surface area contributed by atoms with E-state index in [1.807, 2.05) is 18.7 Å². The van der Waals surface area contributed by atoms with Crippen LogP contribution in [0.2, 0.25) is 0 Å². The van der Waals surface area contributed by atoms with Gasteiger partial charge < -0.3 is 0 Å². The number of rotatable bonds is 4. The minimum absolute atomic E-state index is 0.534. The highest BCUT2D eigenvalue weighted by atomic mass is 32.2.